The number of likely N-dealkylation sites (tertiary alicyclic amines) is 1. The first kappa shape index (κ1) is 26.9. The van der Waals surface area contributed by atoms with Gasteiger partial charge in [0.2, 0.25) is 0 Å². The fraction of sp³-hybridized carbons (Fsp3) is 0.433. The van der Waals surface area contributed by atoms with Crippen LogP contribution in [0.1, 0.15) is 59.7 Å². The van der Waals surface area contributed by atoms with Gasteiger partial charge in [0.25, 0.3) is 5.56 Å². The molecule has 42 heavy (non-hydrogen) atoms. The molecule has 6 heterocycles. The van der Waals surface area contributed by atoms with Crippen LogP contribution in [0.25, 0.3) is 22.3 Å². The van der Waals surface area contributed by atoms with Crippen molar-refractivity contribution >= 4 is 16.9 Å². The minimum absolute atomic E-state index is 0.0491. The second-order valence-electron chi connectivity index (χ2n) is 11.7. The van der Waals surface area contributed by atoms with Crippen LogP contribution in [0, 0.1) is 12.7 Å². The number of aliphatic hydroxyl groups is 1. The van der Waals surface area contributed by atoms with E-state index < -0.39 is 11.6 Å². The highest BCUT2D eigenvalue weighted by Crippen LogP contribution is 2.40. The average molecular weight is 574 g/mol. The molecule has 0 saturated carbocycles. The Labute approximate surface area is 240 Å². The fourth-order valence-corrected chi connectivity index (χ4v) is 6.59. The number of carbonyl (C=O) groups excluding carboxylic acids is 1. The van der Waals surface area contributed by atoms with Gasteiger partial charge in [-0.05, 0) is 56.0 Å². The lowest BCUT2D eigenvalue weighted by molar-refractivity contribution is -0.172. The number of rotatable bonds is 5. The molecule has 3 N–H and O–H groups in total. The van der Waals surface area contributed by atoms with Crippen molar-refractivity contribution in [2.24, 2.45) is 5.73 Å². The van der Waals surface area contributed by atoms with E-state index in [4.69, 9.17) is 15.5 Å². The lowest BCUT2D eigenvalue weighted by Crippen LogP contribution is -2.44. The Morgan fingerprint density at radius 2 is 2.05 bits per heavy atom. The molecule has 3 aromatic heterocycles. The van der Waals surface area contributed by atoms with E-state index in [2.05, 4.69) is 15.2 Å². The molecule has 2 atom stereocenters. The first-order chi connectivity index (χ1) is 20.2. The quantitative estimate of drug-likeness (QED) is 0.302. The average Bonchev–Trinajstić information content (AvgIpc) is 3.56. The van der Waals surface area contributed by atoms with Crippen molar-refractivity contribution in [2.45, 2.75) is 71.0 Å². The largest absolute Gasteiger partial charge is 0.458 e. The molecule has 1 saturated heterocycles. The maximum atomic E-state index is 14.8. The van der Waals surface area contributed by atoms with Crippen LogP contribution in [0.2, 0.25) is 0 Å². The number of aromatic nitrogens is 5. The third-order valence-electron chi connectivity index (χ3n) is 8.92. The van der Waals surface area contributed by atoms with Crippen molar-refractivity contribution in [1.82, 2.24) is 29.4 Å². The molecular formula is C30H32FN7O4. The minimum atomic E-state index is -1.93. The van der Waals surface area contributed by atoms with E-state index in [-0.39, 0.29) is 48.1 Å². The van der Waals surface area contributed by atoms with Gasteiger partial charge in [0.1, 0.15) is 12.4 Å². The summed E-state index contributed by atoms with van der Waals surface area (Å²) in [5, 5.41) is 20.8. The highest BCUT2D eigenvalue weighted by atomic mass is 19.1. The molecule has 3 aliphatic rings. The maximum Gasteiger partial charge on any atom is 0.343 e. The molecule has 1 aromatic carbocycles. The number of hydrogen-bond acceptors (Lipinski definition) is 9. The summed E-state index contributed by atoms with van der Waals surface area (Å²) < 4.78 is 23.3. The van der Waals surface area contributed by atoms with Gasteiger partial charge in [-0.3, -0.25) is 9.69 Å². The third kappa shape index (κ3) is 4.16. The lowest BCUT2D eigenvalue weighted by Gasteiger charge is -2.31. The maximum absolute atomic E-state index is 14.8. The molecule has 0 bridgehead atoms. The molecule has 7 rings (SSSR count). The van der Waals surface area contributed by atoms with Crippen LogP contribution in [0.15, 0.2) is 29.2 Å². The molecule has 12 heteroatoms. The van der Waals surface area contributed by atoms with Crippen LogP contribution >= 0.6 is 0 Å². The number of piperidine rings is 1. The topological polar surface area (TPSA) is 141 Å². The van der Waals surface area contributed by atoms with Gasteiger partial charge in [0.15, 0.2) is 5.60 Å². The summed E-state index contributed by atoms with van der Waals surface area (Å²) in [7, 11) is 0. The smallest absolute Gasteiger partial charge is 0.343 e. The molecule has 0 aliphatic carbocycles. The predicted molar refractivity (Wildman–Crippen MR) is 151 cm³/mol. The van der Waals surface area contributed by atoms with Gasteiger partial charge >= 0.3 is 5.97 Å². The zero-order chi connectivity index (χ0) is 29.3. The molecule has 4 aromatic rings. The number of cyclic esters (lactones) is 1. The van der Waals surface area contributed by atoms with Gasteiger partial charge in [-0.1, -0.05) is 12.1 Å². The Morgan fingerprint density at radius 3 is 2.83 bits per heavy atom. The number of ether oxygens (including phenoxy) is 1. The summed E-state index contributed by atoms with van der Waals surface area (Å²) in [4.78, 5) is 33.3. The van der Waals surface area contributed by atoms with Crippen molar-refractivity contribution in [3.8, 4) is 11.4 Å². The third-order valence-corrected chi connectivity index (χ3v) is 8.92. The number of esters is 1. The summed E-state index contributed by atoms with van der Waals surface area (Å²) in [6, 6.07) is 5.01. The van der Waals surface area contributed by atoms with Crippen molar-refractivity contribution in [2.75, 3.05) is 13.1 Å². The Hall–Kier alpha value is -4.00. The van der Waals surface area contributed by atoms with E-state index in [9.17, 15) is 19.1 Å². The molecule has 218 valence electrons. The SMILES string of the molecule is CC[C@@]1(O)C(=O)OCc2c1cc1n(c2=O)Cc2c-1nc1cc(F)c(C)cc1c2Cn1cc(CN2CCCC(N)C2)nn1. The van der Waals surface area contributed by atoms with Crippen LogP contribution < -0.4 is 11.3 Å². The van der Waals surface area contributed by atoms with Crippen molar-refractivity contribution in [3.63, 3.8) is 0 Å². The monoisotopic (exact) mass is 573 g/mol. The van der Waals surface area contributed by atoms with Crippen LogP contribution in [0.3, 0.4) is 0 Å². The number of nitrogens with two attached hydrogens (primary N) is 1. The van der Waals surface area contributed by atoms with E-state index in [1.165, 1.54) is 6.07 Å². The summed E-state index contributed by atoms with van der Waals surface area (Å²) in [5.74, 6) is -1.16. The molecule has 0 amide bonds. The van der Waals surface area contributed by atoms with Crippen molar-refractivity contribution in [3.05, 3.63) is 74.1 Å². The summed E-state index contributed by atoms with van der Waals surface area (Å²) >= 11 is 0. The second-order valence-corrected chi connectivity index (χ2v) is 11.7. The van der Waals surface area contributed by atoms with E-state index in [1.807, 2.05) is 6.20 Å². The number of aryl methyl sites for hydroxylation is 1. The van der Waals surface area contributed by atoms with Gasteiger partial charge in [0, 0.05) is 41.7 Å². The number of halogens is 1. The van der Waals surface area contributed by atoms with Crippen LogP contribution in [-0.2, 0) is 41.4 Å². The van der Waals surface area contributed by atoms with Gasteiger partial charge in [-0.2, -0.15) is 0 Å². The van der Waals surface area contributed by atoms with Gasteiger partial charge < -0.3 is 20.1 Å². The van der Waals surface area contributed by atoms with E-state index >= 15 is 0 Å². The number of fused-ring (bicyclic) bond motifs is 5. The molecule has 3 aliphatic heterocycles. The fourth-order valence-electron chi connectivity index (χ4n) is 6.59. The molecule has 1 unspecified atom stereocenters. The predicted octanol–water partition coefficient (Wildman–Crippen LogP) is 2.09. The van der Waals surface area contributed by atoms with Crippen LogP contribution in [-0.4, -0.2) is 59.7 Å². The zero-order valence-electron chi connectivity index (χ0n) is 23.6. The lowest BCUT2D eigenvalue weighted by atomic mass is 9.86. The summed E-state index contributed by atoms with van der Waals surface area (Å²) in [6.45, 7) is 6.17. The normalized spacial score (nSPS) is 21.7. The highest BCUT2D eigenvalue weighted by molar-refractivity contribution is 5.89. The number of hydrogen-bond donors (Lipinski definition) is 2. The molecule has 1 fully saturated rings. The van der Waals surface area contributed by atoms with E-state index in [0.717, 1.165) is 48.1 Å². The van der Waals surface area contributed by atoms with Gasteiger partial charge in [0.05, 0.1) is 47.4 Å². The first-order valence-electron chi connectivity index (χ1n) is 14.3. The zero-order valence-corrected chi connectivity index (χ0v) is 23.6. The molecule has 0 spiro atoms. The summed E-state index contributed by atoms with van der Waals surface area (Å²) in [5.41, 5.74) is 8.77. The number of benzene rings is 1. The Balaban J connectivity index is 1.34. The number of carbonyl (C=O) groups is 1. The molecule has 11 nitrogen and oxygen atoms in total. The Kier molecular flexibility index (Phi) is 6.26. The van der Waals surface area contributed by atoms with E-state index in [0.29, 0.717) is 35.6 Å². The van der Waals surface area contributed by atoms with E-state index in [1.54, 1.807) is 35.2 Å². The van der Waals surface area contributed by atoms with Gasteiger partial charge in [-0.25, -0.2) is 18.9 Å². The van der Waals surface area contributed by atoms with Gasteiger partial charge in [-0.15, -0.1) is 5.10 Å². The second kappa shape index (κ2) is 9.79. The van der Waals surface area contributed by atoms with Crippen molar-refractivity contribution < 1.29 is 19.0 Å². The molecule has 0 radical (unpaired) electrons. The standard InChI is InChI=1S/C30H32FN7O4/c1-3-30(41)23-8-26-27-21(14-38(26)28(39)22(23)15-42-29(30)40)20(19-7-16(2)24(31)9-25(19)33-27)13-37-12-18(34-35-37)11-36-6-4-5-17(32)10-36/h7-9,12,17,41H,3-6,10-11,13-15,32H2,1-2H3/t17?,30-/m0/s1. The minimum Gasteiger partial charge on any atom is -0.458 e. The first-order valence-corrected chi connectivity index (χ1v) is 14.3. The van der Waals surface area contributed by atoms with Crippen LogP contribution in [0.5, 0.6) is 0 Å². The molecular weight excluding hydrogens is 541 g/mol. The Morgan fingerprint density at radius 1 is 1.21 bits per heavy atom. The number of nitrogens with zero attached hydrogens (tertiary/aromatic N) is 6. The summed E-state index contributed by atoms with van der Waals surface area (Å²) in [6.07, 6.45) is 4.04. The van der Waals surface area contributed by atoms with Crippen molar-refractivity contribution in [1.29, 1.82) is 0 Å². The number of pyridine rings is 2. The van der Waals surface area contributed by atoms with Crippen LogP contribution in [0.4, 0.5) is 4.39 Å². The Bertz CT molecular complexity index is 1830. The highest BCUT2D eigenvalue weighted by Gasteiger charge is 2.45.